The van der Waals surface area contributed by atoms with E-state index in [9.17, 15) is 0 Å². The van der Waals surface area contributed by atoms with E-state index >= 15 is 0 Å². The van der Waals surface area contributed by atoms with Crippen molar-refractivity contribution in [1.29, 1.82) is 0 Å². The van der Waals surface area contributed by atoms with Crippen molar-refractivity contribution in [3.05, 3.63) is 473 Å². The van der Waals surface area contributed by atoms with Gasteiger partial charge in [0.2, 0.25) is 0 Å². The molecule has 0 saturated heterocycles. The first kappa shape index (κ1) is 80.2. The lowest BCUT2D eigenvalue weighted by molar-refractivity contribution is 1.07. The molecule has 0 saturated carbocycles. The van der Waals surface area contributed by atoms with E-state index in [-0.39, 0.29) is 0 Å². The van der Waals surface area contributed by atoms with Crippen molar-refractivity contribution in [2.24, 2.45) is 0 Å². The molecule has 18 aromatic carbocycles. The van der Waals surface area contributed by atoms with Crippen molar-refractivity contribution < 1.29 is 0 Å². The Bertz CT molecular complexity index is 7720. The molecule has 134 heavy (non-hydrogen) atoms. The highest BCUT2D eigenvalue weighted by atomic mass is 15.1. The van der Waals surface area contributed by atoms with Crippen LogP contribution in [0.3, 0.4) is 0 Å². The molecule has 0 aliphatic carbocycles. The maximum absolute atomic E-state index is 5.08. The van der Waals surface area contributed by atoms with Crippen molar-refractivity contribution in [1.82, 2.24) is 68.9 Å². The van der Waals surface area contributed by atoms with Crippen molar-refractivity contribution >= 4 is 43.6 Å². The summed E-state index contributed by atoms with van der Waals surface area (Å²) in [6, 6.07) is 163. The zero-order valence-electron chi connectivity index (χ0n) is 72.3. The van der Waals surface area contributed by atoms with E-state index in [0.29, 0.717) is 69.9 Å². The van der Waals surface area contributed by atoms with Gasteiger partial charge in [0.05, 0.1) is 22.1 Å². The third-order valence-corrected chi connectivity index (χ3v) is 24.2. The zero-order chi connectivity index (χ0) is 89.0. The van der Waals surface area contributed by atoms with Gasteiger partial charge in [0.1, 0.15) is 0 Å². The van der Waals surface area contributed by atoms with Gasteiger partial charge in [-0.2, -0.15) is 0 Å². The molecular weight excluding hydrogens is 1640 g/mol. The first-order valence-electron chi connectivity index (χ1n) is 44.6. The van der Waals surface area contributed by atoms with E-state index in [1.807, 2.05) is 243 Å². The molecule has 0 N–H and O–H groups in total. The van der Waals surface area contributed by atoms with E-state index in [2.05, 4.69) is 240 Å². The van der Waals surface area contributed by atoms with Gasteiger partial charge < -0.3 is 9.13 Å². The van der Waals surface area contributed by atoms with Gasteiger partial charge in [-0.1, -0.05) is 400 Å². The molecule has 0 radical (unpaired) electrons. The summed E-state index contributed by atoms with van der Waals surface area (Å²) in [7, 11) is 0. The quantitative estimate of drug-likeness (QED) is 0.0800. The van der Waals surface area contributed by atoms with Gasteiger partial charge in [-0.15, -0.1) is 0 Å². The second kappa shape index (κ2) is 35.7. The van der Waals surface area contributed by atoms with Crippen LogP contribution in [0.2, 0.25) is 0 Å². The van der Waals surface area contributed by atoms with E-state index in [1.54, 1.807) is 0 Å². The third-order valence-electron chi connectivity index (χ3n) is 24.2. The molecule has 0 aliphatic rings. The molecule has 0 unspecified atom stereocenters. The number of rotatable bonds is 18. The highest BCUT2D eigenvalue weighted by Crippen LogP contribution is 2.45. The summed E-state index contributed by atoms with van der Waals surface area (Å²) < 4.78 is 4.72. The van der Waals surface area contributed by atoms with Gasteiger partial charge in [-0.3, -0.25) is 0 Å². The summed E-state index contributed by atoms with van der Waals surface area (Å²) >= 11 is 0. The summed E-state index contributed by atoms with van der Waals surface area (Å²) in [5.41, 5.74) is 26.2. The van der Waals surface area contributed by atoms with Gasteiger partial charge >= 0.3 is 0 Å². The van der Waals surface area contributed by atoms with Crippen molar-refractivity contribution in [2.75, 3.05) is 0 Å². The Morgan fingerprint density at radius 2 is 0.313 bits per heavy atom. The van der Waals surface area contributed by atoms with E-state index < -0.39 is 0 Å². The maximum Gasteiger partial charge on any atom is 0.164 e. The number of benzene rings is 18. The van der Waals surface area contributed by atoms with Crippen LogP contribution >= 0.6 is 0 Å². The second-order valence-electron chi connectivity index (χ2n) is 32.7. The fourth-order valence-electron chi connectivity index (χ4n) is 17.8. The molecule has 14 heteroatoms. The molecule has 0 fully saturated rings. The SMILES string of the molecule is c1ccc(-c2ccc3c(c2)c2c(-c4cccc(-c5nc(-c6ccccc6)nc(-c6ccccc6)n5)c4)cccc2n3-c2cccc(-c3nc(-c4ccccc4)nc(-c4ccccc4)n3)c2)cc1.c1ccc(-c2ccc3c(c2)c2c(-c4cccc(-c5nc(-c6ccccc6)nc(-c6ccccc6)n5)c4)cccc2n3-c2cccc(-c3nc(-c4ccccc4)nc(-c4ccccc4)n3)c2)cc1. The molecule has 6 heterocycles. The summed E-state index contributed by atoms with van der Waals surface area (Å²) in [5.74, 6) is 7.41. The Morgan fingerprint density at radius 3 is 0.560 bits per heavy atom. The molecule has 14 nitrogen and oxygen atoms in total. The number of nitrogens with zero attached hydrogens (tertiary/aromatic N) is 14. The van der Waals surface area contributed by atoms with Crippen LogP contribution in [0.25, 0.3) is 236 Å². The highest BCUT2D eigenvalue weighted by Gasteiger charge is 2.25. The highest BCUT2D eigenvalue weighted by molar-refractivity contribution is 6.18. The summed E-state index contributed by atoms with van der Waals surface area (Å²) in [4.78, 5) is 60.4. The Balaban J connectivity index is 0.000000151. The van der Waals surface area contributed by atoms with Crippen LogP contribution in [0, 0.1) is 0 Å². The lowest BCUT2D eigenvalue weighted by Crippen LogP contribution is -2.01. The monoisotopic (exact) mass is 1710 g/mol. The summed E-state index contributed by atoms with van der Waals surface area (Å²) in [6.45, 7) is 0. The fraction of sp³-hybridized carbons (Fsp3) is 0. The van der Waals surface area contributed by atoms with Gasteiger partial charge in [0.25, 0.3) is 0 Å². The molecule has 628 valence electrons. The number of fused-ring (bicyclic) bond motifs is 6. The number of hydrogen-bond acceptors (Lipinski definition) is 12. The van der Waals surface area contributed by atoms with Crippen LogP contribution < -0.4 is 0 Å². The number of hydrogen-bond donors (Lipinski definition) is 0. The van der Waals surface area contributed by atoms with Crippen LogP contribution in [0.1, 0.15) is 0 Å². The van der Waals surface area contributed by atoms with Gasteiger partial charge in [-0.05, 0) is 117 Å². The Labute approximate surface area is 773 Å². The van der Waals surface area contributed by atoms with Gasteiger partial charge in [0.15, 0.2) is 69.9 Å². The standard InChI is InChI=1S/2C60H39N7/c2*1-6-19-40(20-7-1)45-35-36-52-51(39-45)54-50(46-29-16-30-47(37-46)59-63-55(41-21-8-2-9-22-41)61-56(64-59)42-23-10-3-11-24-42)33-18-34-53(54)67(52)49-32-17-31-48(38-49)60-65-57(43-25-12-4-13-26-43)62-58(66-60)44-27-14-5-15-28-44/h2*1-39H. The van der Waals surface area contributed by atoms with E-state index in [1.165, 1.54) is 0 Å². The van der Waals surface area contributed by atoms with Crippen LogP contribution in [0.15, 0.2) is 473 Å². The predicted molar refractivity (Wildman–Crippen MR) is 542 cm³/mol. The van der Waals surface area contributed by atoms with Gasteiger partial charge in [0, 0.05) is 99.7 Å². The predicted octanol–water partition coefficient (Wildman–Crippen LogP) is 29.0. The smallest absolute Gasteiger partial charge is 0.164 e. The average Bonchev–Trinajstić information content (AvgIpc) is 1.57. The fourth-order valence-corrected chi connectivity index (χ4v) is 17.8. The van der Waals surface area contributed by atoms with E-state index in [0.717, 1.165) is 166 Å². The second-order valence-corrected chi connectivity index (χ2v) is 32.7. The molecule has 24 aromatic rings. The van der Waals surface area contributed by atoms with E-state index in [4.69, 9.17) is 59.8 Å². The molecule has 0 spiro atoms. The minimum Gasteiger partial charge on any atom is -0.309 e. The zero-order valence-corrected chi connectivity index (χ0v) is 72.3. The summed E-state index contributed by atoms with van der Waals surface area (Å²) in [5, 5.41) is 4.56. The minimum absolute atomic E-state index is 0.600. The topological polar surface area (TPSA) is 165 Å². The first-order valence-corrected chi connectivity index (χ1v) is 44.6. The van der Waals surface area contributed by atoms with Crippen LogP contribution in [-0.4, -0.2) is 68.9 Å². The molecular formula is C120H78N14. The average molecular weight is 1720 g/mol. The molecule has 0 bridgehead atoms. The van der Waals surface area contributed by atoms with Crippen LogP contribution in [0.5, 0.6) is 0 Å². The van der Waals surface area contributed by atoms with Gasteiger partial charge in [-0.25, -0.2) is 59.8 Å². The molecule has 0 atom stereocenters. The van der Waals surface area contributed by atoms with Crippen LogP contribution in [-0.2, 0) is 0 Å². The van der Waals surface area contributed by atoms with Crippen molar-refractivity contribution in [2.45, 2.75) is 0 Å². The maximum atomic E-state index is 5.08. The largest absolute Gasteiger partial charge is 0.309 e. The summed E-state index contributed by atoms with van der Waals surface area (Å²) in [6.07, 6.45) is 0. The van der Waals surface area contributed by atoms with Crippen LogP contribution in [0.4, 0.5) is 0 Å². The number of aromatic nitrogens is 14. The normalized spacial score (nSPS) is 11.3. The Kier molecular flexibility index (Phi) is 21.3. The van der Waals surface area contributed by atoms with Crippen molar-refractivity contribution in [3.8, 4) is 193 Å². The lowest BCUT2D eigenvalue weighted by Gasteiger charge is -2.12. The van der Waals surface area contributed by atoms with Crippen molar-refractivity contribution in [3.63, 3.8) is 0 Å². The Morgan fingerprint density at radius 1 is 0.119 bits per heavy atom. The molecule has 6 aromatic heterocycles. The third kappa shape index (κ3) is 16.0. The Hall–Kier alpha value is -18.4. The first-order chi connectivity index (χ1) is 66.4. The molecule has 0 amide bonds. The minimum atomic E-state index is 0.600. The lowest BCUT2D eigenvalue weighted by atomic mass is 9.96. The molecule has 0 aliphatic heterocycles. The molecule has 24 rings (SSSR count).